The van der Waals surface area contributed by atoms with E-state index in [0.717, 1.165) is 18.4 Å². The molecule has 4 nitrogen and oxygen atoms in total. The Morgan fingerprint density at radius 1 is 1.25 bits per heavy atom. The number of piperidine rings is 1. The maximum Gasteiger partial charge on any atom is 0.245 e. The molecule has 3 rings (SSSR count). The second-order valence-electron chi connectivity index (χ2n) is 5.24. The molecule has 2 saturated heterocycles. The van der Waals surface area contributed by atoms with Crippen molar-refractivity contribution in [2.45, 2.75) is 24.0 Å². The Morgan fingerprint density at radius 3 is 2.65 bits per heavy atom. The summed E-state index contributed by atoms with van der Waals surface area (Å²) in [6.45, 7) is 2.39. The molecule has 2 aliphatic heterocycles. The summed E-state index contributed by atoms with van der Waals surface area (Å²) < 4.78 is 11.4. The first kappa shape index (κ1) is 13.9. The van der Waals surface area contributed by atoms with Crippen molar-refractivity contribution in [2.24, 2.45) is 0 Å². The molecular formula is C15H18ClNO3. The molecule has 2 heterocycles. The second-order valence-corrected chi connectivity index (χ2v) is 5.68. The van der Waals surface area contributed by atoms with Crippen molar-refractivity contribution in [3.05, 3.63) is 35.9 Å². The molecule has 2 aliphatic rings. The average molecular weight is 296 g/mol. The highest BCUT2D eigenvalue weighted by molar-refractivity contribution is 6.30. The van der Waals surface area contributed by atoms with Gasteiger partial charge in [0.1, 0.15) is 5.38 Å². The van der Waals surface area contributed by atoms with E-state index in [-0.39, 0.29) is 5.91 Å². The Kier molecular flexibility index (Phi) is 3.96. The summed E-state index contributed by atoms with van der Waals surface area (Å²) in [5, 5.41) is -0.646. The van der Waals surface area contributed by atoms with Crippen LogP contribution in [0.3, 0.4) is 0 Å². The maximum absolute atomic E-state index is 12.5. The van der Waals surface area contributed by atoms with Gasteiger partial charge in [-0.2, -0.15) is 0 Å². The highest BCUT2D eigenvalue weighted by Gasteiger charge is 2.43. The highest BCUT2D eigenvalue weighted by atomic mass is 35.5. The number of alkyl halides is 1. The first-order valence-corrected chi connectivity index (χ1v) is 7.40. The summed E-state index contributed by atoms with van der Waals surface area (Å²) in [7, 11) is 0. The quantitative estimate of drug-likeness (QED) is 0.786. The molecule has 0 aromatic heterocycles. The van der Waals surface area contributed by atoms with Crippen molar-refractivity contribution in [1.29, 1.82) is 0 Å². The van der Waals surface area contributed by atoms with E-state index in [1.807, 2.05) is 30.3 Å². The smallest absolute Gasteiger partial charge is 0.245 e. The number of halogens is 1. The summed E-state index contributed by atoms with van der Waals surface area (Å²) in [4.78, 5) is 14.3. The van der Waals surface area contributed by atoms with Gasteiger partial charge in [0.2, 0.25) is 5.91 Å². The largest absolute Gasteiger partial charge is 0.346 e. The lowest BCUT2D eigenvalue weighted by molar-refractivity contribution is -0.193. The van der Waals surface area contributed by atoms with E-state index in [1.54, 1.807) is 4.90 Å². The molecule has 1 aromatic carbocycles. The van der Waals surface area contributed by atoms with Crippen LogP contribution in [0.4, 0.5) is 0 Å². The molecule has 0 saturated carbocycles. The van der Waals surface area contributed by atoms with E-state index in [2.05, 4.69) is 0 Å². The van der Waals surface area contributed by atoms with Gasteiger partial charge in [0.25, 0.3) is 0 Å². The van der Waals surface area contributed by atoms with Crippen LogP contribution in [-0.2, 0) is 14.3 Å². The van der Waals surface area contributed by atoms with Gasteiger partial charge in [-0.05, 0) is 12.0 Å². The van der Waals surface area contributed by atoms with E-state index in [1.165, 1.54) is 0 Å². The first-order chi connectivity index (χ1) is 9.70. The van der Waals surface area contributed by atoms with E-state index in [0.29, 0.717) is 26.3 Å². The van der Waals surface area contributed by atoms with Gasteiger partial charge in [-0.1, -0.05) is 30.3 Å². The average Bonchev–Trinajstić information content (AvgIpc) is 2.94. The molecule has 0 aliphatic carbocycles. The molecule has 0 bridgehead atoms. The van der Waals surface area contributed by atoms with Crippen LogP contribution in [0.5, 0.6) is 0 Å². The van der Waals surface area contributed by atoms with Crippen LogP contribution in [0.15, 0.2) is 30.3 Å². The molecular weight excluding hydrogens is 278 g/mol. The van der Waals surface area contributed by atoms with Crippen LogP contribution < -0.4 is 0 Å². The number of amides is 1. The van der Waals surface area contributed by atoms with Crippen molar-refractivity contribution in [3.63, 3.8) is 0 Å². The van der Waals surface area contributed by atoms with Crippen LogP contribution in [0.1, 0.15) is 23.8 Å². The van der Waals surface area contributed by atoms with E-state index >= 15 is 0 Å². The van der Waals surface area contributed by atoms with Gasteiger partial charge in [0, 0.05) is 13.0 Å². The standard InChI is InChI=1S/C15H18ClNO3/c16-13(12-5-2-1-3-6-12)14(18)17-8-4-7-15(11-17)19-9-10-20-15/h1-3,5-6,13H,4,7-11H2. The Balaban J connectivity index is 1.70. The Labute approximate surface area is 123 Å². The first-order valence-electron chi connectivity index (χ1n) is 6.96. The summed E-state index contributed by atoms with van der Waals surface area (Å²) in [6, 6.07) is 9.43. The Hall–Kier alpha value is -1.10. The molecule has 0 N–H and O–H groups in total. The number of rotatable bonds is 2. The van der Waals surface area contributed by atoms with Gasteiger partial charge in [-0.15, -0.1) is 11.6 Å². The molecule has 5 heteroatoms. The fourth-order valence-corrected chi connectivity index (χ4v) is 3.12. The molecule has 108 valence electrons. The number of ether oxygens (including phenoxy) is 2. The number of carbonyl (C=O) groups is 1. The zero-order valence-electron chi connectivity index (χ0n) is 11.3. The lowest BCUT2D eigenvalue weighted by Crippen LogP contribution is -2.51. The van der Waals surface area contributed by atoms with Crippen molar-refractivity contribution in [1.82, 2.24) is 4.90 Å². The van der Waals surface area contributed by atoms with Crippen LogP contribution >= 0.6 is 11.6 Å². The van der Waals surface area contributed by atoms with Crippen molar-refractivity contribution >= 4 is 17.5 Å². The van der Waals surface area contributed by atoms with Gasteiger partial charge in [0.15, 0.2) is 5.79 Å². The van der Waals surface area contributed by atoms with Crippen LogP contribution in [0.2, 0.25) is 0 Å². The van der Waals surface area contributed by atoms with Crippen LogP contribution in [0.25, 0.3) is 0 Å². The number of hydrogen-bond donors (Lipinski definition) is 0. The number of hydrogen-bond acceptors (Lipinski definition) is 3. The lowest BCUT2D eigenvalue weighted by Gasteiger charge is -2.39. The molecule has 0 radical (unpaired) electrons. The van der Waals surface area contributed by atoms with Crippen LogP contribution in [0, 0.1) is 0 Å². The number of nitrogens with zero attached hydrogens (tertiary/aromatic N) is 1. The second kappa shape index (κ2) is 5.72. The molecule has 1 aromatic rings. The minimum Gasteiger partial charge on any atom is -0.346 e. The van der Waals surface area contributed by atoms with Crippen molar-refractivity contribution in [2.75, 3.05) is 26.3 Å². The minimum absolute atomic E-state index is 0.0731. The van der Waals surface area contributed by atoms with Gasteiger partial charge < -0.3 is 14.4 Å². The molecule has 1 amide bonds. The van der Waals surface area contributed by atoms with Crippen molar-refractivity contribution in [3.8, 4) is 0 Å². The topological polar surface area (TPSA) is 38.8 Å². The third-order valence-corrected chi connectivity index (χ3v) is 4.29. The zero-order valence-corrected chi connectivity index (χ0v) is 12.0. The molecule has 1 spiro atoms. The molecule has 20 heavy (non-hydrogen) atoms. The van der Waals surface area contributed by atoms with Gasteiger partial charge in [-0.3, -0.25) is 4.79 Å². The van der Waals surface area contributed by atoms with Gasteiger partial charge in [-0.25, -0.2) is 0 Å². The normalized spacial score (nSPS) is 22.9. The highest BCUT2D eigenvalue weighted by Crippen LogP contribution is 2.32. The summed E-state index contributed by atoms with van der Waals surface area (Å²) in [5.41, 5.74) is 0.826. The van der Waals surface area contributed by atoms with Gasteiger partial charge in [0.05, 0.1) is 19.8 Å². The Bertz CT molecular complexity index is 473. The summed E-state index contributed by atoms with van der Waals surface area (Å²) >= 11 is 6.31. The third kappa shape index (κ3) is 2.68. The monoisotopic (exact) mass is 295 g/mol. The summed E-state index contributed by atoms with van der Waals surface area (Å²) in [5.74, 6) is -0.669. The number of likely N-dealkylation sites (tertiary alicyclic amines) is 1. The predicted octanol–water partition coefficient (Wildman–Crippen LogP) is 2.33. The maximum atomic E-state index is 12.5. The third-order valence-electron chi connectivity index (χ3n) is 3.85. The Morgan fingerprint density at radius 2 is 1.95 bits per heavy atom. The SMILES string of the molecule is O=C(C(Cl)c1ccccc1)N1CCCC2(C1)OCCO2. The van der Waals surface area contributed by atoms with Crippen molar-refractivity contribution < 1.29 is 14.3 Å². The fourth-order valence-electron chi connectivity index (χ4n) is 2.83. The predicted molar refractivity (Wildman–Crippen MR) is 75.5 cm³/mol. The van der Waals surface area contributed by atoms with E-state index < -0.39 is 11.2 Å². The molecule has 1 atom stereocenters. The lowest BCUT2D eigenvalue weighted by atomic mass is 10.0. The zero-order chi connectivity index (χ0) is 14.0. The molecule has 2 fully saturated rings. The fraction of sp³-hybridized carbons (Fsp3) is 0.533. The summed E-state index contributed by atoms with van der Waals surface area (Å²) in [6.07, 6.45) is 1.72. The minimum atomic E-state index is -0.646. The molecule has 1 unspecified atom stereocenters. The van der Waals surface area contributed by atoms with Crippen LogP contribution in [-0.4, -0.2) is 42.9 Å². The number of carbonyl (C=O) groups excluding carboxylic acids is 1. The van der Waals surface area contributed by atoms with E-state index in [9.17, 15) is 4.79 Å². The van der Waals surface area contributed by atoms with Gasteiger partial charge >= 0.3 is 0 Å². The van der Waals surface area contributed by atoms with E-state index in [4.69, 9.17) is 21.1 Å². The number of benzene rings is 1.